The number of carbonyl (C=O) groups is 1. The first kappa shape index (κ1) is 16.0. The lowest BCUT2D eigenvalue weighted by Gasteiger charge is -2.17. The van der Waals surface area contributed by atoms with Gasteiger partial charge in [-0.3, -0.25) is 4.79 Å². The fourth-order valence-electron chi connectivity index (χ4n) is 1.87. The highest BCUT2D eigenvalue weighted by Crippen LogP contribution is 2.25. The van der Waals surface area contributed by atoms with Crippen LogP contribution in [0.2, 0.25) is 0 Å². The number of para-hydroxylation sites is 1. The smallest absolute Gasteiger partial charge is 0.225 e. The highest BCUT2D eigenvalue weighted by Gasteiger charge is 2.10. The van der Waals surface area contributed by atoms with Crippen LogP contribution < -0.4 is 4.74 Å². The Morgan fingerprint density at radius 2 is 2.10 bits per heavy atom. The van der Waals surface area contributed by atoms with Crippen molar-refractivity contribution in [1.82, 2.24) is 4.90 Å². The quantitative estimate of drug-likeness (QED) is 0.768. The van der Waals surface area contributed by atoms with Crippen LogP contribution in [0.3, 0.4) is 0 Å². The molecular weight excluding hydrogens is 252 g/mol. The molecule has 1 rings (SSSR count). The molecule has 0 aliphatic rings. The van der Waals surface area contributed by atoms with E-state index in [1.54, 1.807) is 11.9 Å². The van der Waals surface area contributed by atoms with E-state index in [4.69, 9.17) is 10.00 Å². The van der Waals surface area contributed by atoms with E-state index in [2.05, 4.69) is 13.8 Å². The normalized spacial score (nSPS) is 10.2. The van der Waals surface area contributed by atoms with Crippen LogP contribution in [0.4, 0.5) is 0 Å². The summed E-state index contributed by atoms with van der Waals surface area (Å²) in [5.41, 5.74) is 1.15. The minimum absolute atomic E-state index is 0.00211. The third-order valence-corrected chi connectivity index (χ3v) is 3.10. The Bertz CT molecular complexity index is 478. The molecule has 4 nitrogen and oxygen atoms in total. The molecule has 108 valence electrons. The lowest BCUT2D eigenvalue weighted by molar-refractivity contribution is -0.130. The second-order valence-corrected chi connectivity index (χ2v) is 5.01. The predicted molar refractivity (Wildman–Crippen MR) is 78.5 cm³/mol. The summed E-state index contributed by atoms with van der Waals surface area (Å²) in [5, 5.41) is 8.49. The lowest BCUT2D eigenvalue weighted by Crippen LogP contribution is -2.28. The van der Waals surface area contributed by atoms with E-state index in [0.29, 0.717) is 31.9 Å². The van der Waals surface area contributed by atoms with E-state index in [0.717, 1.165) is 11.3 Å². The molecule has 0 bridgehead atoms. The van der Waals surface area contributed by atoms with Crippen molar-refractivity contribution in [3.63, 3.8) is 0 Å². The number of benzene rings is 1. The Morgan fingerprint density at radius 3 is 2.75 bits per heavy atom. The predicted octanol–water partition coefficient (Wildman–Crippen LogP) is 2.95. The van der Waals surface area contributed by atoms with Crippen molar-refractivity contribution in [2.24, 2.45) is 0 Å². The van der Waals surface area contributed by atoms with E-state index in [1.165, 1.54) is 0 Å². The van der Waals surface area contributed by atoms with E-state index in [-0.39, 0.29) is 5.91 Å². The van der Waals surface area contributed by atoms with Gasteiger partial charge in [-0.05, 0) is 17.5 Å². The third kappa shape index (κ3) is 4.93. The molecule has 0 atom stereocenters. The van der Waals surface area contributed by atoms with Crippen LogP contribution in [0.5, 0.6) is 5.75 Å². The van der Waals surface area contributed by atoms with E-state index < -0.39 is 0 Å². The molecule has 0 saturated carbocycles. The van der Waals surface area contributed by atoms with Crippen molar-refractivity contribution in [3.05, 3.63) is 29.8 Å². The van der Waals surface area contributed by atoms with Gasteiger partial charge in [0.1, 0.15) is 5.75 Å². The van der Waals surface area contributed by atoms with Crippen molar-refractivity contribution in [2.45, 2.75) is 32.6 Å². The summed E-state index contributed by atoms with van der Waals surface area (Å²) in [5.74, 6) is 1.23. The monoisotopic (exact) mass is 274 g/mol. The summed E-state index contributed by atoms with van der Waals surface area (Å²) in [6, 6.07) is 9.92. The van der Waals surface area contributed by atoms with Crippen LogP contribution in [0, 0.1) is 11.3 Å². The summed E-state index contributed by atoms with van der Waals surface area (Å²) in [6.07, 6.45) is 0.688. The Hall–Kier alpha value is -2.02. The Balaban J connectivity index is 2.45. The van der Waals surface area contributed by atoms with Crippen molar-refractivity contribution in [2.75, 3.05) is 20.2 Å². The fraction of sp³-hybridized carbons (Fsp3) is 0.500. The standard InChI is InChI=1S/C16H22N2O2/c1-13(2)14-7-4-5-8-15(14)20-12-9-16(19)18(3)11-6-10-17/h4-5,7-8,13H,6,9,11-12H2,1-3H3. The van der Waals surface area contributed by atoms with Gasteiger partial charge in [-0.1, -0.05) is 32.0 Å². The second-order valence-electron chi connectivity index (χ2n) is 5.01. The first-order chi connectivity index (χ1) is 9.56. The van der Waals surface area contributed by atoms with Gasteiger partial charge >= 0.3 is 0 Å². The van der Waals surface area contributed by atoms with Gasteiger partial charge in [0.2, 0.25) is 5.91 Å². The Morgan fingerprint density at radius 1 is 1.40 bits per heavy atom. The molecule has 0 unspecified atom stereocenters. The van der Waals surface area contributed by atoms with Crippen molar-refractivity contribution >= 4 is 5.91 Å². The number of rotatable bonds is 7. The summed E-state index contributed by atoms with van der Waals surface area (Å²) >= 11 is 0. The topological polar surface area (TPSA) is 53.3 Å². The third-order valence-electron chi connectivity index (χ3n) is 3.10. The maximum absolute atomic E-state index is 11.8. The lowest BCUT2D eigenvalue weighted by atomic mass is 10.0. The molecule has 0 aliphatic heterocycles. The van der Waals surface area contributed by atoms with Gasteiger partial charge < -0.3 is 9.64 Å². The van der Waals surface area contributed by atoms with Gasteiger partial charge in [-0.2, -0.15) is 5.26 Å². The minimum atomic E-state index is 0.00211. The molecule has 1 aromatic carbocycles. The highest BCUT2D eigenvalue weighted by molar-refractivity contribution is 5.76. The maximum atomic E-state index is 11.8. The van der Waals surface area contributed by atoms with Crippen molar-refractivity contribution in [1.29, 1.82) is 5.26 Å². The van der Waals surface area contributed by atoms with E-state index in [1.807, 2.05) is 30.3 Å². The van der Waals surface area contributed by atoms with Crippen molar-refractivity contribution in [3.8, 4) is 11.8 Å². The average Bonchev–Trinajstić information content (AvgIpc) is 2.44. The van der Waals surface area contributed by atoms with Gasteiger partial charge in [0, 0.05) is 13.6 Å². The van der Waals surface area contributed by atoms with Crippen LogP contribution in [-0.2, 0) is 4.79 Å². The SMILES string of the molecule is CC(C)c1ccccc1OCCC(=O)N(C)CCC#N. The van der Waals surface area contributed by atoms with Gasteiger partial charge in [-0.25, -0.2) is 0 Å². The second kappa shape index (κ2) is 8.21. The zero-order valence-electron chi connectivity index (χ0n) is 12.4. The number of amides is 1. The molecule has 0 heterocycles. The molecular formula is C16H22N2O2. The zero-order valence-corrected chi connectivity index (χ0v) is 12.4. The van der Waals surface area contributed by atoms with Crippen LogP contribution in [0.25, 0.3) is 0 Å². The van der Waals surface area contributed by atoms with E-state index >= 15 is 0 Å². The minimum Gasteiger partial charge on any atom is -0.493 e. The van der Waals surface area contributed by atoms with Crippen LogP contribution >= 0.6 is 0 Å². The molecule has 0 aliphatic carbocycles. The van der Waals surface area contributed by atoms with Crippen molar-refractivity contribution < 1.29 is 9.53 Å². The molecule has 0 radical (unpaired) electrons. The van der Waals surface area contributed by atoms with Crippen LogP contribution in [0.15, 0.2) is 24.3 Å². The summed E-state index contributed by atoms with van der Waals surface area (Å²) in [7, 11) is 1.71. The average molecular weight is 274 g/mol. The number of nitrogens with zero attached hydrogens (tertiary/aromatic N) is 2. The molecule has 1 aromatic rings. The molecule has 0 saturated heterocycles. The molecule has 4 heteroatoms. The number of hydrogen-bond donors (Lipinski definition) is 0. The van der Waals surface area contributed by atoms with Crippen LogP contribution in [-0.4, -0.2) is 31.0 Å². The molecule has 0 spiro atoms. The fourth-order valence-corrected chi connectivity index (χ4v) is 1.87. The number of carbonyl (C=O) groups excluding carboxylic acids is 1. The van der Waals surface area contributed by atoms with E-state index in [9.17, 15) is 4.79 Å². The van der Waals surface area contributed by atoms with Gasteiger partial charge in [0.05, 0.1) is 25.5 Å². The first-order valence-corrected chi connectivity index (χ1v) is 6.89. The van der Waals surface area contributed by atoms with Gasteiger partial charge in [-0.15, -0.1) is 0 Å². The largest absolute Gasteiger partial charge is 0.493 e. The molecule has 20 heavy (non-hydrogen) atoms. The summed E-state index contributed by atoms with van der Waals surface area (Å²) < 4.78 is 5.71. The first-order valence-electron chi connectivity index (χ1n) is 6.89. The molecule has 1 amide bonds. The molecule has 0 aromatic heterocycles. The Kier molecular flexibility index (Phi) is 6.58. The number of ether oxygens (including phenoxy) is 1. The highest BCUT2D eigenvalue weighted by atomic mass is 16.5. The molecule has 0 N–H and O–H groups in total. The maximum Gasteiger partial charge on any atom is 0.225 e. The Labute approximate surface area is 121 Å². The van der Waals surface area contributed by atoms with Crippen LogP contribution in [0.1, 0.15) is 38.2 Å². The number of nitriles is 1. The molecule has 0 fully saturated rings. The summed E-state index contributed by atoms with van der Waals surface area (Å²) in [6.45, 7) is 5.06. The number of hydrogen-bond acceptors (Lipinski definition) is 3. The zero-order chi connectivity index (χ0) is 15.0. The summed E-state index contributed by atoms with van der Waals surface area (Å²) in [4.78, 5) is 13.4. The van der Waals surface area contributed by atoms with Gasteiger partial charge in [0.25, 0.3) is 0 Å². The van der Waals surface area contributed by atoms with Gasteiger partial charge in [0.15, 0.2) is 0 Å².